The van der Waals surface area contributed by atoms with Gasteiger partial charge in [-0.25, -0.2) is 14.2 Å². The van der Waals surface area contributed by atoms with Crippen LogP contribution in [-0.2, 0) is 16.0 Å². The lowest BCUT2D eigenvalue weighted by atomic mass is 9.99. The number of benzene rings is 1. The summed E-state index contributed by atoms with van der Waals surface area (Å²) in [5, 5.41) is 3.54. The van der Waals surface area contributed by atoms with Crippen molar-refractivity contribution in [3.05, 3.63) is 56.9 Å². The van der Waals surface area contributed by atoms with Gasteiger partial charge < -0.3 is 14.6 Å². The molecule has 4 rings (SSSR count). The molecule has 0 radical (unpaired) electrons. The lowest BCUT2D eigenvalue weighted by molar-refractivity contribution is -0.130. The number of carbonyl (C=O) groups is 2. The molecule has 3 aromatic rings. The number of hydrogen-bond acceptors (Lipinski definition) is 5. The van der Waals surface area contributed by atoms with Gasteiger partial charge in [-0.15, -0.1) is 11.3 Å². The number of ether oxygens (including phenoxy) is 1. The van der Waals surface area contributed by atoms with Gasteiger partial charge in [0, 0.05) is 48.5 Å². The predicted molar refractivity (Wildman–Crippen MR) is 114 cm³/mol. The van der Waals surface area contributed by atoms with Gasteiger partial charge in [-0.05, 0) is 24.1 Å². The number of thiazole rings is 1. The Morgan fingerprint density at radius 3 is 2.97 bits per heavy atom. The number of fused-ring (bicyclic) bond motifs is 1. The summed E-state index contributed by atoms with van der Waals surface area (Å²) in [5.74, 6) is -1.10. The van der Waals surface area contributed by atoms with E-state index in [1.54, 1.807) is 17.2 Å². The van der Waals surface area contributed by atoms with Crippen molar-refractivity contribution in [3.63, 3.8) is 0 Å². The fourth-order valence-corrected chi connectivity index (χ4v) is 4.45. The molecule has 1 aliphatic rings. The average molecular weight is 448 g/mol. The fraction of sp³-hybridized carbons (Fsp3) is 0.286. The Bertz CT molecular complexity index is 1140. The molecule has 6 nitrogen and oxygen atoms in total. The third-order valence-corrected chi connectivity index (χ3v) is 6.25. The summed E-state index contributed by atoms with van der Waals surface area (Å²) in [5.41, 5.74) is 1.29. The molecule has 156 valence electrons. The van der Waals surface area contributed by atoms with Gasteiger partial charge in [0.2, 0.25) is 5.91 Å². The third kappa shape index (κ3) is 3.97. The number of halogens is 2. The van der Waals surface area contributed by atoms with Crippen molar-refractivity contribution in [1.82, 2.24) is 14.9 Å². The molecule has 9 heteroatoms. The van der Waals surface area contributed by atoms with Crippen LogP contribution < -0.4 is 0 Å². The molecule has 0 fully saturated rings. The Morgan fingerprint density at radius 1 is 1.40 bits per heavy atom. The number of methoxy groups -OCH3 is 1. The van der Waals surface area contributed by atoms with Crippen LogP contribution in [0, 0.1) is 5.82 Å². The summed E-state index contributed by atoms with van der Waals surface area (Å²) in [6.07, 6.45) is 5.24. The molecule has 0 unspecified atom stereocenters. The minimum absolute atomic E-state index is 0.0104. The number of nitrogens with one attached hydrogen (secondary N) is 1. The molecule has 1 aliphatic heterocycles. The van der Waals surface area contributed by atoms with E-state index in [1.807, 2.05) is 11.5 Å². The number of amides is 1. The highest BCUT2D eigenvalue weighted by Gasteiger charge is 2.24. The molecule has 1 aromatic carbocycles. The van der Waals surface area contributed by atoms with Crippen molar-refractivity contribution in [2.24, 2.45) is 0 Å². The number of carbonyl (C=O) groups excluding carboxylic acids is 2. The lowest BCUT2D eigenvalue weighted by Gasteiger charge is -2.28. The van der Waals surface area contributed by atoms with Crippen molar-refractivity contribution in [3.8, 4) is 0 Å². The Balaban J connectivity index is 1.57. The molecule has 2 aromatic heterocycles. The zero-order valence-corrected chi connectivity index (χ0v) is 17.8. The maximum absolute atomic E-state index is 15.3. The minimum atomic E-state index is -0.600. The zero-order valence-electron chi connectivity index (χ0n) is 16.2. The van der Waals surface area contributed by atoms with E-state index < -0.39 is 11.8 Å². The minimum Gasteiger partial charge on any atom is -0.464 e. The monoisotopic (exact) mass is 447 g/mol. The van der Waals surface area contributed by atoms with Crippen LogP contribution in [0.15, 0.2) is 29.8 Å². The smallest absolute Gasteiger partial charge is 0.354 e. The summed E-state index contributed by atoms with van der Waals surface area (Å²) in [6, 6.07) is 3.02. The Hall–Kier alpha value is -2.71. The number of hydrogen-bond donors (Lipinski definition) is 1. The summed E-state index contributed by atoms with van der Waals surface area (Å²) in [6.45, 7) is 0.896. The van der Waals surface area contributed by atoms with E-state index in [-0.39, 0.29) is 17.1 Å². The van der Waals surface area contributed by atoms with Gasteiger partial charge in [0.15, 0.2) is 5.82 Å². The molecule has 0 saturated heterocycles. The van der Waals surface area contributed by atoms with Gasteiger partial charge in [0.25, 0.3) is 0 Å². The first-order chi connectivity index (χ1) is 14.5. The van der Waals surface area contributed by atoms with Gasteiger partial charge in [0.1, 0.15) is 5.69 Å². The standard InChI is InChI=1S/C21H19ClFN3O3S/c1-29-21(28)16-10-14-15(22)9-13(19(23)20(14)25-16)12-3-2-7-26(11-12)18(27)5-4-17-24-6-8-30-17/h3,6,8-10,25H,2,4-5,7,11H2,1H3. The highest BCUT2D eigenvalue weighted by molar-refractivity contribution is 7.09. The van der Waals surface area contributed by atoms with Gasteiger partial charge >= 0.3 is 5.97 Å². The molecule has 1 N–H and O–H groups in total. The Morgan fingerprint density at radius 2 is 2.23 bits per heavy atom. The lowest BCUT2D eigenvalue weighted by Crippen LogP contribution is -2.35. The van der Waals surface area contributed by atoms with Crippen LogP contribution in [0.25, 0.3) is 16.5 Å². The number of esters is 1. The fourth-order valence-electron chi connectivity index (χ4n) is 3.57. The van der Waals surface area contributed by atoms with E-state index in [9.17, 15) is 9.59 Å². The first-order valence-electron chi connectivity index (χ1n) is 9.42. The molecule has 3 heterocycles. The maximum Gasteiger partial charge on any atom is 0.354 e. The summed E-state index contributed by atoms with van der Waals surface area (Å²) >= 11 is 7.89. The topological polar surface area (TPSA) is 75.3 Å². The number of aromatic amines is 1. The van der Waals surface area contributed by atoms with Crippen LogP contribution in [0.5, 0.6) is 0 Å². The molecule has 1 amide bonds. The molecule has 0 saturated carbocycles. The van der Waals surface area contributed by atoms with Crippen molar-refractivity contribution < 1.29 is 18.7 Å². The molecule has 0 spiro atoms. The highest BCUT2D eigenvalue weighted by atomic mass is 35.5. The van der Waals surface area contributed by atoms with E-state index in [1.165, 1.54) is 24.5 Å². The van der Waals surface area contributed by atoms with Crippen LogP contribution in [0.3, 0.4) is 0 Å². The Kier molecular flexibility index (Phi) is 5.87. The molecular formula is C21H19ClFN3O3S. The van der Waals surface area contributed by atoms with E-state index in [2.05, 4.69) is 14.7 Å². The first-order valence-corrected chi connectivity index (χ1v) is 10.7. The molecule has 0 bridgehead atoms. The largest absolute Gasteiger partial charge is 0.464 e. The molecular weight excluding hydrogens is 429 g/mol. The van der Waals surface area contributed by atoms with Crippen LogP contribution in [-0.4, -0.2) is 46.9 Å². The van der Waals surface area contributed by atoms with Crippen molar-refractivity contribution >= 4 is 51.3 Å². The van der Waals surface area contributed by atoms with E-state index >= 15 is 4.39 Å². The molecule has 30 heavy (non-hydrogen) atoms. The van der Waals surface area contributed by atoms with Crippen molar-refractivity contribution in [2.75, 3.05) is 20.2 Å². The van der Waals surface area contributed by atoms with E-state index in [0.29, 0.717) is 53.9 Å². The second-order valence-electron chi connectivity index (χ2n) is 6.94. The highest BCUT2D eigenvalue weighted by Crippen LogP contribution is 2.34. The average Bonchev–Trinajstić information content (AvgIpc) is 3.44. The zero-order chi connectivity index (χ0) is 21.3. The van der Waals surface area contributed by atoms with Gasteiger partial charge in [-0.2, -0.15) is 0 Å². The van der Waals surface area contributed by atoms with Crippen LogP contribution in [0.4, 0.5) is 4.39 Å². The normalized spacial score (nSPS) is 14.1. The van der Waals surface area contributed by atoms with E-state index in [0.717, 1.165) is 5.01 Å². The third-order valence-electron chi connectivity index (χ3n) is 5.09. The van der Waals surface area contributed by atoms with Crippen LogP contribution in [0.1, 0.15) is 33.9 Å². The van der Waals surface area contributed by atoms with Crippen molar-refractivity contribution in [1.29, 1.82) is 0 Å². The summed E-state index contributed by atoms with van der Waals surface area (Å²) in [4.78, 5) is 33.1. The SMILES string of the molecule is COC(=O)c1cc2c(Cl)cc(C3=CCCN(C(=O)CCc4nccs4)C3)c(F)c2[nH]1. The van der Waals surface area contributed by atoms with Crippen LogP contribution >= 0.6 is 22.9 Å². The number of aryl methyl sites for hydroxylation is 1. The number of aromatic nitrogens is 2. The van der Waals surface area contributed by atoms with Crippen LogP contribution in [0.2, 0.25) is 5.02 Å². The quantitative estimate of drug-likeness (QED) is 0.586. The molecule has 0 atom stereocenters. The van der Waals surface area contributed by atoms with Gasteiger partial charge in [-0.3, -0.25) is 4.79 Å². The number of nitrogens with zero attached hydrogens (tertiary/aromatic N) is 2. The predicted octanol–water partition coefficient (Wildman–Crippen LogP) is 4.45. The summed E-state index contributed by atoms with van der Waals surface area (Å²) < 4.78 is 20.0. The van der Waals surface area contributed by atoms with Gasteiger partial charge in [-0.1, -0.05) is 17.7 Å². The second-order valence-corrected chi connectivity index (χ2v) is 8.33. The first kappa shape index (κ1) is 20.6. The Labute approximate surface area is 181 Å². The number of H-pyrrole nitrogens is 1. The number of rotatable bonds is 5. The van der Waals surface area contributed by atoms with Crippen molar-refractivity contribution in [2.45, 2.75) is 19.3 Å². The van der Waals surface area contributed by atoms with Gasteiger partial charge in [0.05, 0.1) is 22.7 Å². The second kappa shape index (κ2) is 8.57. The van der Waals surface area contributed by atoms with E-state index in [4.69, 9.17) is 11.6 Å². The maximum atomic E-state index is 15.3. The molecule has 0 aliphatic carbocycles. The summed E-state index contributed by atoms with van der Waals surface area (Å²) in [7, 11) is 1.25.